The first-order valence-electron chi connectivity index (χ1n) is 6.10. The Morgan fingerprint density at radius 2 is 2.21 bits per heavy atom. The van der Waals surface area contributed by atoms with E-state index in [9.17, 15) is 0 Å². The van der Waals surface area contributed by atoms with Gasteiger partial charge in [-0.2, -0.15) is 0 Å². The number of thiophene rings is 1. The number of hydrogen-bond acceptors (Lipinski definition) is 4. The van der Waals surface area contributed by atoms with Crippen LogP contribution in [0.15, 0.2) is 30.3 Å². The van der Waals surface area contributed by atoms with E-state index in [1.165, 1.54) is 4.88 Å². The quantitative estimate of drug-likeness (QED) is 0.925. The molecule has 1 aromatic heterocycles. The lowest BCUT2D eigenvalue weighted by Crippen LogP contribution is -2.17. The van der Waals surface area contributed by atoms with Gasteiger partial charge >= 0.3 is 0 Å². The largest absolute Gasteiger partial charge is 0.454 e. The number of rotatable bonds is 4. The summed E-state index contributed by atoms with van der Waals surface area (Å²) in [6.07, 6.45) is 0. The minimum atomic E-state index is 0.260. The maximum Gasteiger partial charge on any atom is 0.231 e. The minimum Gasteiger partial charge on any atom is -0.454 e. The third-order valence-corrected chi connectivity index (χ3v) is 4.51. The third kappa shape index (κ3) is 2.71. The highest BCUT2D eigenvalue weighted by Crippen LogP contribution is 2.35. The molecule has 1 aliphatic rings. The van der Waals surface area contributed by atoms with E-state index >= 15 is 0 Å². The summed E-state index contributed by atoms with van der Waals surface area (Å²) in [4.78, 5) is 1.23. The maximum absolute atomic E-state index is 5.95. The summed E-state index contributed by atoms with van der Waals surface area (Å²) < 4.78 is 11.7. The number of nitrogens with one attached hydrogen (secondary N) is 1. The molecule has 0 amide bonds. The van der Waals surface area contributed by atoms with E-state index in [2.05, 4.69) is 24.4 Å². The molecule has 100 valence electrons. The molecule has 0 saturated heterocycles. The van der Waals surface area contributed by atoms with E-state index in [0.29, 0.717) is 6.79 Å². The third-order valence-electron chi connectivity index (χ3n) is 3.10. The summed E-state index contributed by atoms with van der Waals surface area (Å²) in [5, 5.41) is 3.47. The van der Waals surface area contributed by atoms with Crippen LogP contribution < -0.4 is 14.8 Å². The van der Waals surface area contributed by atoms with E-state index in [1.54, 1.807) is 11.3 Å². The number of benzene rings is 1. The smallest absolute Gasteiger partial charge is 0.231 e. The predicted molar refractivity (Wildman–Crippen MR) is 77.1 cm³/mol. The summed E-state index contributed by atoms with van der Waals surface area (Å²) in [6, 6.07) is 10.2. The van der Waals surface area contributed by atoms with Crippen molar-refractivity contribution in [3.63, 3.8) is 0 Å². The number of para-hydroxylation sites is 1. The normalized spacial score (nSPS) is 14.6. The van der Waals surface area contributed by atoms with Crippen LogP contribution in [0.4, 0.5) is 0 Å². The van der Waals surface area contributed by atoms with Gasteiger partial charge in [-0.3, -0.25) is 0 Å². The van der Waals surface area contributed by atoms with Crippen molar-refractivity contribution >= 4 is 22.9 Å². The van der Waals surface area contributed by atoms with Gasteiger partial charge in [0.05, 0.1) is 4.34 Å². The summed E-state index contributed by atoms with van der Waals surface area (Å²) in [7, 11) is 0. The van der Waals surface area contributed by atoms with Gasteiger partial charge in [0.25, 0.3) is 0 Å². The van der Waals surface area contributed by atoms with Crippen molar-refractivity contribution in [3.05, 3.63) is 45.1 Å². The van der Waals surface area contributed by atoms with E-state index in [0.717, 1.165) is 27.9 Å². The molecule has 1 unspecified atom stereocenters. The van der Waals surface area contributed by atoms with Gasteiger partial charge in [-0.1, -0.05) is 23.7 Å². The number of halogens is 1. The van der Waals surface area contributed by atoms with Crippen molar-refractivity contribution in [2.45, 2.75) is 19.5 Å². The molecule has 0 saturated carbocycles. The Kier molecular flexibility index (Phi) is 3.64. The Morgan fingerprint density at radius 3 is 3.00 bits per heavy atom. The zero-order valence-electron chi connectivity index (χ0n) is 10.5. The molecule has 0 radical (unpaired) electrons. The summed E-state index contributed by atoms with van der Waals surface area (Å²) in [5.74, 6) is 1.68. The molecule has 1 aliphatic heterocycles. The summed E-state index contributed by atoms with van der Waals surface area (Å²) >= 11 is 7.56. The molecule has 19 heavy (non-hydrogen) atoms. The van der Waals surface area contributed by atoms with Crippen LogP contribution in [-0.4, -0.2) is 6.79 Å². The molecule has 1 atom stereocenters. The Hall–Kier alpha value is -1.23. The standard InChI is InChI=1S/C14H14ClNO2S/c1-9(12-5-6-13(15)19-12)16-7-10-3-2-4-11-14(10)18-8-17-11/h2-6,9,16H,7-8H2,1H3. The highest BCUT2D eigenvalue weighted by Gasteiger charge is 2.17. The second kappa shape index (κ2) is 5.41. The van der Waals surface area contributed by atoms with Gasteiger partial charge in [0, 0.05) is 23.0 Å². The van der Waals surface area contributed by atoms with Crippen LogP contribution >= 0.6 is 22.9 Å². The molecule has 0 bridgehead atoms. The van der Waals surface area contributed by atoms with Crippen LogP contribution in [0.5, 0.6) is 11.5 Å². The van der Waals surface area contributed by atoms with E-state index < -0.39 is 0 Å². The minimum absolute atomic E-state index is 0.260. The molecular weight excluding hydrogens is 282 g/mol. The average molecular weight is 296 g/mol. The zero-order valence-corrected chi connectivity index (χ0v) is 12.1. The lowest BCUT2D eigenvalue weighted by atomic mass is 10.1. The van der Waals surface area contributed by atoms with Crippen LogP contribution in [0.25, 0.3) is 0 Å². The molecule has 2 aromatic rings. The van der Waals surface area contributed by atoms with E-state index in [-0.39, 0.29) is 6.04 Å². The van der Waals surface area contributed by atoms with Crippen LogP contribution in [-0.2, 0) is 6.54 Å². The first-order chi connectivity index (χ1) is 9.24. The predicted octanol–water partition coefficient (Wildman–Crippen LogP) is 3.98. The number of fused-ring (bicyclic) bond motifs is 1. The van der Waals surface area contributed by atoms with Crippen molar-refractivity contribution in [1.29, 1.82) is 0 Å². The Bertz CT molecular complexity index is 585. The van der Waals surface area contributed by atoms with Gasteiger partial charge in [0.2, 0.25) is 6.79 Å². The van der Waals surface area contributed by atoms with Crippen molar-refractivity contribution in [1.82, 2.24) is 5.32 Å². The van der Waals surface area contributed by atoms with Gasteiger partial charge in [0.15, 0.2) is 11.5 Å². The van der Waals surface area contributed by atoms with Crippen molar-refractivity contribution in [2.75, 3.05) is 6.79 Å². The number of hydrogen-bond donors (Lipinski definition) is 1. The molecule has 5 heteroatoms. The highest BCUT2D eigenvalue weighted by molar-refractivity contribution is 7.16. The molecule has 2 heterocycles. The van der Waals surface area contributed by atoms with Gasteiger partial charge in [-0.15, -0.1) is 11.3 Å². The fourth-order valence-corrected chi connectivity index (χ4v) is 3.14. The highest BCUT2D eigenvalue weighted by atomic mass is 35.5. The molecule has 1 aromatic carbocycles. The monoisotopic (exact) mass is 295 g/mol. The fraction of sp³-hybridized carbons (Fsp3) is 0.286. The summed E-state index contributed by atoms with van der Waals surface area (Å²) in [6.45, 7) is 3.17. The first kappa shape index (κ1) is 12.8. The maximum atomic E-state index is 5.95. The van der Waals surface area contributed by atoms with Crippen LogP contribution in [0.1, 0.15) is 23.4 Å². The Morgan fingerprint density at radius 1 is 1.32 bits per heavy atom. The second-order valence-corrected chi connectivity index (χ2v) is 6.14. The van der Waals surface area contributed by atoms with Crippen LogP contribution in [0.2, 0.25) is 4.34 Å². The lowest BCUT2D eigenvalue weighted by Gasteiger charge is -2.13. The Balaban J connectivity index is 1.68. The lowest BCUT2D eigenvalue weighted by molar-refractivity contribution is 0.173. The zero-order chi connectivity index (χ0) is 13.2. The SMILES string of the molecule is CC(NCc1cccc2c1OCO2)c1ccc(Cl)s1. The molecular formula is C14H14ClNO2S. The van der Waals surface area contributed by atoms with Gasteiger partial charge in [-0.05, 0) is 25.1 Å². The molecule has 3 rings (SSSR count). The van der Waals surface area contributed by atoms with E-state index in [1.807, 2.05) is 18.2 Å². The summed E-state index contributed by atoms with van der Waals surface area (Å²) in [5.41, 5.74) is 1.12. The van der Waals surface area contributed by atoms with Crippen molar-refractivity contribution in [2.24, 2.45) is 0 Å². The fourth-order valence-electron chi connectivity index (χ4n) is 2.05. The van der Waals surface area contributed by atoms with Crippen LogP contribution in [0, 0.1) is 0 Å². The Labute approximate surface area is 121 Å². The number of ether oxygens (including phenoxy) is 2. The topological polar surface area (TPSA) is 30.5 Å². The van der Waals surface area contributed by atoms with Gasteiger partial charge < -0.3 is 14.8 Å². The van der Waals surface area contributed by atoms with Gasteiger partial charge in [-0.25, -0.2) is 0 Å². The average Bonchev–Trinajstić information content (AvgIpc) is 3.04. The van der Waals surface area contributed by atoms with E-state index in [4.69, 9.17) is 21.1 Å². The molecule has 0 spiro atoms. The van der Waals surface area contributed by atoms with Gasteiger partial charge in [0.1, 0.15) is 0 Å². The van der Waals surface area contributed by atoms with Crippen molar-refractivity contribution in [3.8, 4) is 11.5 Å². The van der Waals surface area contributed by atoms with Crippen LogP contribution in [0.3, 0.4) is 0 Å². The van der Waals surface area contributed by atoms with Crippen molar-refractivity contribution < 1.29 is 9.47 Å². The molecule has 1 N–H and O–H groups in total. The molecule has 0 aliphatic carbocycles. The second-order valence-electron chi connectivity index (χ2n) is 4.40. The molecule has 0 fully saturated rings. The first-order valence-corrected chi connectivity index (χ1v) is 7.29. The molecule has 3 nitrogen and oxygen atoms in total.